The smallest absolute Gasteiger partial charge is 0.346 e. The summed E-state index contributed by atoms with van der Waals surface area (Å²) < 4.78 is 5.10. The molecule has 1 aromatic heterocycles. The Balaban J connectivity index is 1.77. The highest BCUT2D eigenvalue weighted by molar-refractivity contribution is 6.07. The first-order valence-corrected chi connectivity index (χ1v) is 6.85. The van der Waals surface area contributed by atoms with Crippen LogP contribution in [-0.4, -0.2) is 28.7 Å². The molecule has 1 saturated carbocycles. The van der Waals surface area contributed by atoms with Crippen molar-refractivity contribution in [3.63, 3.8) is 0 Å². The normalized spacial score (nSPS) is 30.4. The van der Waals surface area contributed by atoms with Gasteiger partial charge in [-0.1, -0.05) is 6.92 Å². The van der Waals surface area contributed by atoms with Crippen LogP contribution in [0.4, 0.5) is 4.79 Å². The van der Waals surface area contributed by atoms with E-state index < -0.39 is 11.6 Å². The molecule has 0 unspecified atom stereocenters. The highest BCUT2D eigenvalue weighted by atomic mass is 16.3. The van der Waals surface area contributed by atoms with Crippen molar-refractivity contribution in [1.29, 1.82) is 0 Å². The van der Waals surface area contributed by atoms with Crippen LogP contribution in [0, 0.1) is 5.92 Å². The summed E-state index contributed by atoms with van der Waals surface area (Å²) >= 11 is 0. The van der Waals surface area contributed by atoms with Crippen molar-refractivity contribution >= 4 is 18.2 Å². The van der Waals surface area contributed by atoms with E-state index in [2.05, 4.69) is 17.3 Å². The van der Waals surface area contributed by atoms with E-state index in [0.717, 1.165) is 17.9 Å². The summed E-state index contributed by atoms with van der Waals surface area (Å²) in [6.45, 7) is 2.17. The number of hydrazone groups is 1. The second kappa shape index (κ2) is 4.77. The van der Waals surface area contributed by atoms with Crippen molar-refractivity contribution in [2.75, 3.05) is 0 Å². The fourth-order valence-electron chi connectivity index (χ4n) is 2.78. The van der Waals surface area contributed by atoms with Gasteiger partial charge in [0.2, 0.25) is 0 Å². The number of hydrogen-bond acceptors (Lipinski definition) is 4. The molecule has 2 heterocycles. The zero-order chi connectivity index (χ0) is 14.2. The summed E-state index contributed by atoms with van der Waals surface area (Å²) in [6.07, 6.45) is 6.15. The van der Waals surface area contributed by atoms with Gasteiger partial charge >= 0.3 is 6.03 Å². The molecule has 1 spiro atoms. The Morgan fingerprint density at radius 3 is 2.85 bits per heavy atom. The number of imide groups is 1. The highest BCUT2D eigenvalue weighted by Crippen LogP contribution is 2.36. The topological polar surface area (TPSA) is 74.9 Å². The molecule has 1 saturated heterocycles. The first kappa shape index (κ1) is 12.9. The zero-order valence-electron chi connectivity index (χ0n) is 11.3. The van der Waals surface area contributed by atoms with Crippen LogP contribution >= 0.6 is 0 Å². The zero-order valence-corrected chi connectivity index (χ0v) is 11.3. The fourth-order valence-corrected chi connectivity index (χ4v) is 2.78. The van der Waals surface area contributed by atoms with Crippen molar-refractivity contribution in [2.45, 2.75) is 38.1 Å². The third-order valence-electron chi connectivity index (χ3n) is 4.11. The van der Waals surface area contributed by atoms with Crippen molar-refractivity contribution in [3.8, 4) is 0 Å². The van der Waals surface area contributed by atoms with E-state index >= 15 is 0 Å². The Bertz CT molecular complexity index is 542. The fraction of sp³-hybridized carbons (Fsp3) is 0.500. The number of nitrogens with zero attached hydrogens (tertiary/aromatic N) is 2. The first-order chi connectivity index (χ1) is 9.61. The molecule has 6 heteroatoms. The molecule has 6 nitrogen and oxygen atoms in total. The van der Waals surface area contributed by atoms with E-state index in [1.807, 2.05) is 0 Å². The maximum absolute atomic E-state index is 12.5. The van der Waals surface area contributed by atoms with E-state index in [1.165, 1.54) is 12.5 Å². The number of carbonyl (C=O) groups excluding carboxylic acids is 2. The van der Waals surface area contributed by atoms with Gasteiger partial charge in [0.05, 0.1) is 12.5 Å². The summed E-state index contributed by atoms with van der Waals surface area (Å²) in [7, 11) is 0. The van der Waals surface area contributed by atoms with Crippen LogP contribution in [0.25, 0.3) is 0 Å². The third kappa shape index (κ3) is 2.11. The van der Waals surface area contributed by atoms with Gasteiger partial charge in [0, 0.05) is 0 Å². The van der Waals surface area contributed by atoms with E-state index in [4.69, 9.17) is 4.42 Å². The van der Waals surface area contributed by atoms with E-state index in [1.54, 1.807) is 12.1 Å². The van der Waals surface area contributed by atoms with Gasteiger partial charge in [0.25, 0.3) is 5.91 Å². The maximum Gasteiger partial charge on any atom is 0.346 e. The molecule has 106 valence electrons. The first-order valence-electron chi connectivity index (χ1n) is 6.85. The van der Waals surface area contributed by atoms with Crippen molar-refractivity contribution < 1.29 is 14.0 Å². The Hall–Kier alpha value is -2.11. The van der Waals surface area contributed by atoms with E-state index in [0.29, 0.717) is 24.5 Å². The van der Waals surface area contributed by atoms with Gasteiger partial charge in [0.1, 0.15) is 11.3 Å². The molecule has 2 fully saturated rings. The van der Waals surface area contributed by atoms with Gasteiger partial charge < -0.3 is 9.73 Å². The number of furan rings is 1. The van der Waals surface area contributed by atoms with Gasteiger partial charge in [-0.2, -0.15) is 5.10 Å². The lowest BCUT2D eigenvalue weighted by Crippen LogP contribution is -2.49. The third-order valence-corrected chi connectivity index (χ3v) is 4.11. The minimum Gasteiger partial charge on any atom is -0.463 e. The molecular weight excluding hydrogens is 258 g/mol. The predicted molar refractivity (Wildman–Crippen MR) is 72.0 cm³/mol. The Morgan fingerprint density at radius 2 is 2.20 bits per heavy atom. The molecule has 0 atom stereocenters. The molecule has 1 aliphatic heterocycles. The maximum atomic E-state index is 12.5. The van der Waals surface area contributed by atoms with E-state index in [9.17, 15) is 9.59 Å². The SMILES string of the molecule is CC1CCC2(CC1)NC(=O)N(/N=C/c1ccco1)C2=O. The van der Waals surface area contributed by atoms with Crippen LogP contribution < -0.4 is 5.32 Å². The number of urea groups is 1. The lowest BCUT2D eigenvalue weighted by molar-refractivity contribution is -0.132. The number of carbonyl (C=O) groups is 2. The molecule has 0 bridgehead atoms. The Morgan fingerprint density at radius 1 is 1.45 bits per heavy atom. The van der Waals surface area contributed by atoms with Gasteiger partial charge in [-0.15, -0.1) is 5.01 Å². The Labute approximate surface area is 116 Å². The molecule has 1 N–H and O–H groups in total. The van der Waals surface area contributed by atoms with Crippen LogP contribution in [0.15, 0.2) is 27.9 Å². The lowest BCUT2D eigenvalue weighted by atomic mass is 9.77. The molecule has 0 radical (unpaired) electrons. The molecule has 1 aromatic rings. The van der Waals surface area contributed by atoms with Gasteiger partial charge in [-0.05, 0) is 43.7 Å². The molecule has 1 aliphatic carbocycles. The average molecular weight is 275 g/mol. The summed E-state index contributed by atoms with van der Waals surface area (Å²) in [5.74, 6) is 0.854. The average Bonchev–Trinajstić information content (AvgIpc) is 3.01. The number of rotatable bonds is 2. The highest BCUT2D eigenvalue weighted by Gasteiger charge is 2.52. The second-order valence-electron chi connectivity index (χ2n) is 5.57. The van der Waals surface area contributed by atoms with Crippen LogP contribution in [0.3, 0.4) is 0 Å². The van der Waals surface area contributed by atoms with Crippen LogP contribution in [0.1, 0.15) is 38.4 Å². The van der Waals surface area contributed by atoms with Gasteiger partial charge in [-0.25, -0.2) is 4.79 Å². The second-order valence-corrected chi connectivity index (χ2v) is 5.57. The van der Waals surface area contributed by atoms with Crippen LogP contribution in [0.5, 0.6) is 0 Å². The minimum atomic E-state index is -0.746. The largest absolute Gasteiger partial charge is 0.463 e. The number of hydrogen-bond donors (Lipinski definition) is 1. The number of amides is 3. The molecule has 2 aliphatic rings. The molecular formula is C14H17N3O3. The van der Waals surface area contributed by atoms with Crippen molar-refractivity contribution in [3.05, 3.63) is 24.2 Å². The lowest BCUT2D eigenvalue weighted by Gasteiger charge is -2.33. The molecule has 3 amide bonds. The standard InChI is InChI=1S/C14H17N3O3/c1-10-4-6-14(7-5-10)12(18)17(13(19)16-14)15-9-11-3-2-8-20-11/h2-3,8-10H,4-7H2,1H3,(H,16,19)/b15-9+. The van der Waals surface area contributed by atoms with Crippen LogP contribution in [-0.2, 0) is 4.79 Å². The van der Waals surface area contributed by atoms with E-state index in [-0.39, 0.29) is 5.91 Å². The van der Waals surface area contributed by atoms with Crippen LogP contribution in [0.2, 0.25) is 0 Å². The summed E-state index contributed by atoms with van der Waals surface area (Å²) in [5, 5.41) is 7.68. The summed E-state index contributed by atoms with van der Waals surface area (Å²) in [4.78, 5) is 24.4. The van der Waals surface area contributed by atoms with Crippen molar-refractivity contribution in [1.82, 2.24) is 10.3 Å². The molecule has 20 heavy (non-hydrogen) atoms. The van der Waals surface area contributed by atoms with Gasteiger partial charge in [0.15, 0.2) is 0 Å². The molecule has 3 rings (SSSR count). The summed E-state index contributed by atoms with van der Waals surface area (Å²) in [5.41, 5.74) is -0.746. The van der Waals surface area contributed by atoms with Gasteiger partial charge in [-0.3, -0.25) is 4.79 Å². The Kier molecular flexibility index (Phi) is 3.08. The number of nitrogens with one attached hydrogen (secondary N) is 1. The monoisotopic (exact) mass is 275 g/mol. The molecule has 0 aromatic carbocycles. The quantitative estimate of drug-likeness (QED) is 0.663. The summed E-state index contributed by atoms with van der Waals surface area (Å²) in [6, 6.07) is 2.98. The predicted octanol–water partition coefficient (Wildman–Crippen LogP) is 2.11. The van der Waals surface area contributed by atoms with Crippen molar-refractivity contribution in [2.24, 2.45) is 11.0 Å². The minimum absolute atomic E-state index is 0.253.